The Bertz CT molecular complexity index is 453. The molecule has 0 amide bonds. The van der Waals surface area contributed by atoms with E-state index in [-0.39, 0.29) is 28.5 Å². The van der Waals surface area contributed by atoms with Crippen LogP contribution in [-0.4, -0.2) is 22.4 Å². The topological polar surface area (TPSA) is 75.3 Å². The zero-order chi connectivity index (χ0) is 10.8. The van der Waals surface area contributed by atoms with Crippen molar-refractivity contribution in [3.8, 4) is 0 Å². The van der Waals surface area contributed by atoms with Gasteiger partial charge in [-0.05, 0) is 18.9 Å². The van der Waals surface area contributed by atoms with Crippen LogP contribution in [0.3, 0.4) is 0 Å². The van der Waals surface area contributed by atoms with Crippen LogP contribution >= 0.6 is 11.3 Å². The summed E-state index contributed by atoms with van der Waals surface area (Å²) in [6, 6.07) is 1.57. The van der Waals surface area contributed by atoms with Crippen LogP contribution < -0.4 is 9.54 Å². The molecular weight excluding hydrogens is 216 g/mol. The van der Waals surface area contributed by atoms with E-state index in [1.54, 1.807) is 12.3 Å². The largest absolute Gasteiger partial charge is 0.394 e. The summed E-state index contributed by atoms with van der Waals surface area (Å²) in [7, 11) is 0. The molecule has 2 heterocycles. The molecule has 0 aromatic carbocycles. The van der Waals surface area contributed by atoms with E-state index in [0.717, 1.165) is 24.2 Å². The predicted octanol–water partition coefficient (Wildman–Crippen LogP) is 0.0592. The van der Waals surface area contributed by atoms with Crippen molar-refractivity contribution in [2.45, 2.75) is 25.2 Å². The average Bonchev–Trinajstić information content (AvgIpc) is 2.66. The molecule has 1 fully saturated rings. The molecule has 1 aliphatic heterocycles. The van der Waals surface area contributed by atoms with Gasteiger partial charge in [-0.2, -0.15) is 0 Å². The van der Waals surface area contributed by atoms with Crippen molar-refractivity contribution in [2.24, 2.45) is 0 Å². The van der Waals surface area contributed by atoms with E-state index in [1.807, 2.05) is 0 Å². The second-order valence-corrected chi connectivity index (χ2v) is 4.42. The van der Waals surface area contributed by atoms with Gasteiger partial charge in [0.15, 0.2) is 0 Å². The van der Waals surface area contributed by atoms with Gasteiger partial charge in [0.05, 0.1) is 12.7 Å². The first-order chi connectivity index (χ1) is 7.20. The maximum Gasteiger partial charge on any atom is 0.311 e. The highest BCUT2D eigenvalue weighted by atomic mass is 32.1. The summed E-state index contributed by atoms with van der Waals surface area (Å²) >= 11 is 0.886. The number of rotatable bonds is 2. The summed E-state index contributed by atoms with van der Waals surface area (Å²) in [5.74, 6) is 0. The minimum absolute atomic E-state index is 0.00872. The molecule has 0 aliphatic carbocycles. The molecule has 1 aliphatic rings. The Morgan fingerprint density at radius 3 is 3.07 bits per heavy atom. The minimum atomic E-state index is -0.286. The van der Waals surface area contributed by atoms with Gasteiger partial charge in [0.1, 0.15) is 10.9 Å². The van der Waals surface area contributed by atoms with Gasteiger partial charge in [0.2, 0.25) is 0 Å². The molecule has 0 spiro atoms. The van der Waals surface area contributed by atoms with Crippen LogP contribution in [0.4, 0.5) is 0 Å². The number of aromatic nitrogens is 1. The van der Waals surface area contributed by atoms with Crippen molar-refractivity contribution in [3.63, 3.8) is 0 Å². The van der Waals surface area contributed by atoms with Crippen LogP contribution in [0.2, 0.25) is 0 Å². The maximum atomic E-state index is 11.5. The first kappa shape index (κ1) is 10.5. The Labute approximate surface area is 90.1 Å². The lowest BCUT2D eigenvalue weighted by atomic mass is 10.2. The zero-order valence-electron chi connectivity index (χ0n) is 8.05. The van der Waals surface area contributed by atoms with Gasteiger partial charge in [-0.3, -0.25) is 14.8 Å². The van der Waals surface area contributed by atoms with E-state index in [0.29, 0.717) is 0 Å². The van der Waals surface area contributed by atoms with Crippen molar-refractivity contribution < 1.29 is 9.84 Å². The molecule has 0 saturated carbocycles. The fourth-order valence-electron chi connectivity index (χ4n) is 1.63. The van der Waals surface area contributed by atoms with Crippen molar-refractivity contribution in [1.29, 1.82) is 5.41 Å². The minimum Gasteiger partial charge on any atom is -0.394 e. The van der Waals surface area contributed by atoms with Crippen molar-refractivity contribution in [1.82, 2.24) is 4.57 Å². The van der Waals surface area contributed by atoms with Crippen LogP contribution in [0.25, 0.3) is 0 Å². The summed E-state index contributed by atoms with van der Waals surface area (Å²) in [6.45, 7) is -0.00872. The summed E-state index contributed by atoms with van der Waals surface area (Å²) in [6.07, 6.45) is 2.62. The second kappa shape index (κ2) is 4.26. The SMILES string of the molecule is N=c1ccn([C@H]2CC[C@@H](CO)O2)c(=O)s1. The van der Waals surface area contributed by atoms with E-state index in [2.05, 4.69) is 0 Å². The molecule has 0 unspecified atom stereocenters. The van der Waals surface area contributed by atoms with Crippen LogP contribution in [0.1, 0.15) is 19.1 Å². The summed E-state index contributed by atoms with van der Waals surface area (Å²) in [4.78, 5) is 11.4. The maximum absolute atomic E-state index is 11.5. The number of hydrogen-bond acceptors (Lipinski definition) is 5. The van der Waals surface area contributed by atoms with Gasteiger partial charge in [-0.15, -0.1) is 0 Å². The van der Waals surface area contributed by atoms with Crippen molar-refractivity contribution in [3.05, 3.63) is 26.6 Å². The molecule has 15 heavy (non-hydrogen) atoms. The molecule has 2 atom stereocenters. The van der Waals surface area contributed by atoms with Crippen LogP contribution in [-0.2, 0) is 4.74 Å². The van der Waals surface area contributed by atoms with E-state index in [4.69, 9.17) is 15.3 Å². The quantitative estimate of drug-likeness (QED) is 0.751. The fraction of sp³-hybridized carbons (Fsp3) is 0.556. The molecule has 1 aromatic rings. The van der Waals surface area contributed by atoms with Crippen LogP contribution in [0.15, 0.2) is 17.1 Å². The van der Waals surface area contributed by atoms with Gasteiger partial charge in [-0.1, -0.05) is 11.3 Å². The average molecular weight is 228 g/mol. The lowest BCUT2D eigenvalue weighted by Gasteiger charge is -2.13. The van der Waals surface area contributed by atoms with Gasteiger partial charge in [-0.25, -0.2) is 0 Å². The van der Waals surface area contributed by atoms with Crippen molar-refractivity contribution in [2.75, 3.05) is 6.61 Å². The Kier molecular flexibility index (Phi) is 2.99. The molecule has 5 nitrogen and oxygen atoms in total. The van der Waals surface area contributed by atoms with Gasteiger partial charge >= 0.3 is 4.87 Å². The highest BCUT2D eigenvalue weighted by Gasteiger charge is 2.26. The number of ether oxygens (including phenoxy) is 1. The van der Waals surface area contributed by atoms with E-state index in [9.17, 15) is 4.79 Å². The first-order valence-corrected chi connectivity index (χ1v) is 5.55. The normalized spacial score (nSPS) is 25.7. The van der Waals surface area contributed by atoms with E-state index in [1.165, 1.54) is 4.57 Å². The monoisotopic (exact) mass is 228 g/mol. The Morgan fingerprint density at radius 2 is 2.47 bits per heavy atom. The molecule has 1 saturated heterocycles. The third-order valence-corrected chi connectivity index (χ3v) is 3.14. The number of hydrogen-bond donors (Lipinski definition) is 2. The molecule has 1 aromatic heterocycles. The summed E-state index contributed by atoms with van der Waals surface area (Å²) < 4.78 is 7.20. The predicted molar refractivity (Wildman–Crippen MR) is 54.7 cm³/mol. The summed E-state index contributed by atoms with van der Waals surface area (Å²) in [5, 5.41) is 16.2. The fourth-order valence-corrected chi connectivity index (χ4v) is 2.23. The standard InChI is InChI=1S/C9H12N2O3S/c10-7-3-4-11(9(13)15-7)8-2-1-6(5-12)14-8/h3-4,6,8,10,12H,1-2,5H2/t6-,8+/m0/s1. The first-order valence-electron chi connectivity index (χ1n) is 4.74. The molecular formula is C9H12N2O3S. The lowest BCUT2D eigenvalue weighted by molar-refractivity contribution is -0.0235. The lowest BCUT2D eigenvalue weighted by Crippen LogP contribution is -2.25. The molecule has 2 N–H and O–H groups in total. The smallest absolute Gasteiger partial charge is 0.311 e. The Morgan fingerprint density at radius 1 is 1.67 bits per heavy atom. The zero-order valence-corrected chi connectivity index (χ0v) is 8.87. The van der Waals surface area contributed by atoms with Crippen molar-refractivity contribution >= 4 is 11.3 Å². The highest BCUT2D eigenvalue weighted by molar-refractivity contribution is 7.06. The summed E-state index contributed by atoms with van der Waals surface area (Å²) in [5.41, 5.74) is 0. The molecule has 82 valence electrons. The third-order valence-electron chi connectivity index (χ3n) is 2.39. The molecule has 0 radical (unpaired) electrons. The molecule has 2 rings (SSSR count). The number of nitrogens with zero attached hydrogens (tertiary/aromatic N) is 1. The van der Waals surface area contributed by atoms with Gasteiger partial charge in [0, 0.05) is 6.20 Å². The number of nitrogens with one attached hydrogen (secondary N) is 1. The van der Waals surface area contributed by atoms with Gasteiger partial charge in [0.25, 0.3) is 0 Å². The highest BCUT2D eigenvalue weighted by Crippen LogP contribution is 2.26. The van der Waals surface area contributed by atoms with E-state index < -0.39 is 0 Å². The van der Waals surface area contributed by atoms with Crippen LogP contribution in [0, 0.1) is 5.41 Å². The number of aliphatic hydroxyl groups is 1. The van der Waals surface area contributed by atoms with Crippen LogP contribution in [0.5, 0.6) is 0 Å². The third kappa shape index (κ3) is 2.17. The second-order valence-electron chi connectivity index (χ2n) is 3.43. The Hall–Kier alpha value is -0.980. The molecule has 6 heteroatoms. The van der Waals surface area contributed by atoms with E-state index >= 15 is 0 Å². The molecule has 0 bridgehead atoms. The Balaban J connectivity index is 2.24. The number of aliphatic hydroxyl groups excluding tert-OH is 1. The van der Waals surface area contributed by atoms with Gasteiger partial charge < -0.3 is 9.84 Å².